The van der Waals surface area contributed by atoms with Crippen LogP contribution in [0.25, 0.3) is 0 Å². The third-order valence-electron chi connectivity index (χ3n) is 3.02. The van der Waals surface area contributed by atoms with Crippen molar-refractivity contribution >= 4 is 5.90 Å². The van der Waals surface area contributed by atoms with Gasteiger partial charge in [0.2, 0.25) is 5.90 Å². The molecular weight excluding hydrogens is 240 g/mol. The molecule has 0 amide bonds. The number of hydrogen-bond acceptors (Lipinski definition) is 4. The lowest BCUT2D eigenvalue weighted by Crippen LogP contribution is -2.05. The van der Waals surface area contributed by atoms with Crippen LogP contribution in [0.1, 0.15) is 23.0 Å². The highest BCUT2D eigenvalue weighted by atomic mass is 16.5. The summed E-state index contributed by atoms with van der Waals surface area (Å²) in [4.78, 5) is 8.85. The molecule has 1 aromatic carbocycles. The number of benzene rings is 1. The molecule has 1 aliphatic heterocycles. The maximum absolute atomic E-state index is 9.09. The van der Waals surface area contributed by atoms with Crippen molar-refractivity contribution in [2.75, 3.05) is 6.61 Å². The summed E-state index contributed by atoms with van der Waals surface area (Å²) in [6, 6.07) is 15.5. The molecule has 0 unspecified atom stereocenters. The summed E-state index contributed by atoms with van der Waals surface area (Å²) in [5.74, 6) is 0.546. The zero-order valence-corrected chi connectivity index (χ0v) is 10.4. The Morgan fingerprint density at radius 1 is 1.11 bits per heavy atom. The summed E-state index contributed by atoms with van der Waals surface area (Å²) >= 11 is 0. The van der Waals surface area contributed by atoms with Crippen LogP contribution in [0.5, 0.6) is 0 Å². The second kappa shape index (κ2) is 5.20. The minimum atomic E-state index is -0.0801. The van der Waals surface area contributed by atoms with Crippen molar-refractivity contribution in [3.05, 3.63) is 65.5 Å². The van der Waals surface area contributed by atoms with E-state index in [4.69, 9.17) is 9.84 Å². The lowest BCUT2D eigenvalue weighted by Gasteiger charge is -2.03. The van der Waals surface area contributed by atoms with E-state index in [-0.39, 0.29) is 12.6 Å². The summed E-state index contributed by atoms with van der Waals surface area (Å²) < 4.78 is 5.61. The number of rotatable bonds is 3. The molecule has 0 fully saturated rings. The molecule has 19 heavy (non-hydrogen) atoms. The molecule has 1 aromatic heterocycles. The monoisotopic (exact) mass is 254 g/mol. The van der Waals surface area contributed by atoms with Gasteiger partial charge >= 0.3 is 0 Å². The highest BCUT2D eigenvalue weighted by Gasteiger charge is 2.22. The van der Waals surface area contributed by atoms with E-state index in [1.54, 1.807) is 6.07 Å². The first kappa shape index (κ1) is 11.9. The molecule has 96 valence electrons. The Kier molecular flexibility index (Phi) is 3.25. The van der Waals surface area contributed by atoms with E-state index >= 15 is 0 Å². The molecule has 4 heteroatoms. The van der Waals surface area contributed by atoms with Gasteiger partial charge in [0.15, 0.2) is 0 Å². The van der Waals surface area contributed by atoms with E-state index in [1.165, 1.54) is 0 Å². The SMILES string of the molecule is OCc1cccc(C2=N[C@@H](c3ccccc3)CO2)n1. The molecule has 1 atom stereocenters. The topological polar surface area (TPSA) is 54.7 Å². The van der Waals surface area contributed by atoms with Gasteiger partial charge in [-0.05, 0) is 17.7 Å². The van der Waals surface area contributed by atoms with Gasteiger partial charge in [0, 0.05) is 0 Å². The van der Waals surface area contributed by atoms with Crippen molar-refractivity contribution in [2.24, 2.45) is 4.99 Å². The average molecular weight is 254 g/mol. The molecule has 0 saturated heterocycles. The Hall–Kier alpha value is -2.20. The number of aliphatic imine (C=N–C) groups is 1. The fourth-order valence-electron chi connectivity index (χ4n) is 2.05. The normalized spacial score (nSPS) is 17.9. The molecule has 0 aliphatic carbocycles. The summed E-state index contributed by atoms with van der Waals surface area (Å²) in [6.07, 6.45) is 0. The van der Waals surface area contributed by atoms with Gasteiger partial charge in [-0.25, -0.2) is 9.98 Å². The summed E-state index contributed by atoms with van der Waals surface area (Å²) in [6.45, 7) is 0.452. The van der Waals surface area contributed by atoms with Crippen LogP contribution in [-0.2, 0) is 11.3 Å². The number of nitrogens with zero attached hydrogens (tertiary/aromatic N) is 2. The lowest BCUT2D eigenvalue weighted by molar-refractivity contribution is 0.276. The molecule has 0 radical (unpaired) electrons. The number of pyridine rings is 1. The highest BCUT2D eigenvalue weighted by Crippen LogP contribution is 2.24. The summed E-state index contributed by atoms with van der Waals surface area (Å²) in [7, 11) is 0. The van der Waals surface area contributed by atoms with Crippen LogP contribution in [0.15, 0.2) is 53.5 Å². The second-order valence-electron chi connectivity index (χ2n) is 4.34. The molecule has 3 rings (SSSR count). The van der Waals surface area contributed by atoms with Crippen molar-refractivity contribution < 1.29 is 9.84 Å². The van der Waals surface area contributed by atoms with Crippen LogP contribution < -0.4 is 0 Å². The van der Waals surface area contributed by atoms with E-state index in [9.17, 15) is 0 Å². The van der Waals surface area contributed by atoms with Crippen molar-refractivity contribution in [3.63, 3.8) is 0 Å². The Morgan fingerprint density at radius 3 is 2.74 bits per heavy atom. The quantitative estimate of drug-likeness (QED) is 0.912. The smallest absolute Gasteiger partial charge is 0.236 e. The predicted octanol–water partition coefficient (Wildman–Crippen LogP) is 2.09. The van der Waals surface area contributed by atoms with E-state index in [0.717, 1.165) is 5.56 Å². The van der Waals surface area contributed by atoms with Gasteiger partial charge in [-0.1, -0.05) is 36.4 Å². The van der Waals surface area contributed by atoms with Crippen LogP contribution in [0.2, 0.25) is 0 Å². The molecule has 2 heterocycles. The number of aliphatic hydroxyl groups excluding tert-OH is 1. The largest absolute Gasteiger partial charge is 0.474 e. The van der Waals surface area contributed by atoms with Gasteiger partial charge in [-0.2, -0.15) is 0 Å². The number of aliphatic hydroxyl groups is 1. The first-order valence-corrected chi connectivity index (χ1v) is 6.19. The van der Waals surface area contributed by atoms with Gasteiger partial charge in [0.05, 0.1) is 12.3 Å². The number of hydrogen-bond donors (Lipinski definition) is 1. The Morgan fingerprint density at radius 2 is 1.95 bits per heavy atom. The molecule has 1 aliphatic rings. The van der Waals surface area contributed by atoms with E-state index in [1.807, 2.05) is 42.5 Å². The fourth-order valence-corrected chi connectivity index (χ4v) is 2.05. The van der Waals surface area contributed by atoms with Crippen molar-refractivity contribution in [1.82, 2.24) is 4.98 Å². The van der Waals surface area contributed by atoms with Crippen molar-refractivity contribution in [3.8, 4) is 0 Å². The van der Waals surface area contributed by atoms with Crippen LogP contribution in [-0.4, -0.2) is 22.6 Å². The Labute approximate surface area is 111 Å². The first-order valence-electron chi connectivity index (χ1n) is 6.19. The maximum Gasteiger partial charge on any atom is 0.236 e. The van der Waals surface area contributed by atoms with E-state index < -0.39 is 0 Å². The predicted molar refractivity (Wildman–Crippen MR) is 71.8 cm³/mol. The second-order valence-corrected chi connectivity index (χ2v) is 4.34. The minimum Gasteiger partial charge on any atom is -0.474 e. The number of ether oxygens (including phenoxy) is 1. The fraction of sp³-hybridized carbons (Fsp3) is 0.200. The standard InChI is InChI=1S/C15H14N2O2/c18-9-12-7-4-8-13(16-12)15-17-14(10-19-15)11-5-2-1-3-6-11/h1-8,14,18H,9-10H2/t14-/m1/s1. The van der Waals surface area contributed by atoms with Crippen molar-refractivity contribution in [1.29, 1.82) is 0 Å². The van der Waals surface area contributed by atoms with Gasteiger partial charge in [-0.15, -0.1) is 0 Å². The van der Waals surface area contributed by atoms with Crippen LogP contribution in [0.3, 0.4) is 0 Å². The molecule has 0 bridgehead atoms. The molecule has 2 aromatic rings. The molecular formula is C15H14N2O2. The summed E-state index contributed by atoms with van der Waals surface area (Å²) in [5, 5.41) is 9.09. The van der Waals surface area contributed by atoms with Gasteiger partial charge in [-0.3, -0.25) is 0 Å². The van der Waals surface area contributed by atoms with Gasteiger partial charge < -0.3 is 9.84 Å². The first-order chi connectivity index (χ1) is 9.36. The summed E-state index contributed by atoms with van der Waals surface area (Å²) in [5.41, 5.74) is 2.42. The third-order valence-corrected chi connectivity index (χ3v) is 3.02. The molecule has 0 saturated carbocycles. The van der Waals surface area contributed by atoms with E-state index in [0.29, 0.717) is 23.9 Å². The van der Waals surface area contributed by atoms with Crippen LogP contribution in [0, 0.1) is 0 Å². The van der Waals surface area contributed by atoms with Gasteiger partial charge in [0.25, 0.3) is 0 Å². The zero-order valence-electron chi connectivity index (χ0n) is 10.4. The zero-order chi connectivity index (χ0) is 13.1. The lowest BCUT2D eigenvalue weighted by atomic mass is 10.1. The minimum absolute atomic E-state index is 0.0239. The molecule has 0 spiro atoms. The van der Waals surface area contributed by atoms with Crippen LogP contribution in [0.4, 0.5) is 0 Å². The molecule has 1 N–H and O–H groups in total. The third kappa shape index (κ3) is 2.48. The highest BCUT2D eigenvalue weighted by molar-refractivity contribution is 5.93. The Balaban J connectivity index is 1.87. The molecule has 4 nitrogen and oxygen atoms in total. The Bertz CT molecular complexity index is 596. The average Bonchev–Trinajstić information content (AvgIpc) is 2.98. The van der Waals surface area contributed by atoms with Crippen LogP contribution >= 0.6 is 0 Å². The number of aromatic nitrogens is 1. The van der Waals surface area contributed by atoms with Gasteiger partial charge in [0.1, 0.15) is 18.3 Å². The van der Waals surface area contributed by atoms with E-state index in [2.05, 4.69) is 9.98 Å². The van der Waals surface area contributed by atoms with Crippen molar-refractivity contribution in [2.45, 2.75) is 12.6 Å². The maximum atomic E-state index is 9.09.